The number of carbonyl (C=O) groups is 1. The minimum atomic E-state index is -0.582. The van der Waals surface area contributed by atoms with Crippen molar-refractivity contribution in [2.24, 2.45) is 5.84 Å². The highest BCUT2D eigenvalue weighted by molar-refractivity contribution is 6.37. The van der Waals surface area contributed by atoms with E-state index in [1.807, 2.05) is 0 Å². The Morgan fingerprint density at radius 3 is 2.67 bits per heavy atom. The van der Waals surface area contributed by atoms with E-state index in [9.17, 15) is 4.79 Å². The number of halogens is 2. The molecule has 8 heteroatoms. The third-order valence-electron chi connectivity index (χ3n) is 2.06. The molecule has 0 aromatic carbocycles. The highest BCUT2D eigenvalue weighted by Crippen LogP contribution is 2.28. The second kappa shape index (κ2) is 6.63. The summed E-state index contributed by atoms with van der Waals surface area (Å²) in [6.45, 7) is 3.68. The van der Waals surface area contributed by atoms with Crippen molar-refractivity contribution in [3.63, 3.8) is 0 Å². The number of aromatic nitrogens is 1. The average molecular weight is 293 g/mol. The van der Waals surface area contributed by atoms with Gasteiger partial charge in [-0.1, -0.05) is 23.2 Å². The van der Waals surface area contributed by atoms with E-state index in [0.29, 0.717) is 12.4 Å². The Labute approximate surface area is 115 Å². The van der Waals surface area contributed by atoms with Crippen LogP contribution in [0.2, 0.25) is 10.0 Å². The van der Waals surface area contributed by atoms with Gasteiger partial charge in [0.05, 0.1) is 16.7 Å². The minimum absolute atomic E-state index is 0.264. The number of rotatable bonds is 5. The predicted octanol–water partition coefficient (Wildman–Crippen LogP) is 2.04. The summed E-state index contributed by atoms with van der Waals surface area (Å²) in [4.78, 5) is 15.5. The molecule has 1 aromatic rings. The second-order valence-electron chi connectivity index (χ2n) is 3.41. The molecule has 18 heavy (non-hydrogen) atoms. The molecule has 0 bridgehead atoms. The number of nitrogens with two attached hydrogens (primary N) is 1. The molecule has 0 amide bonds. The Bertz CT molecular complexity index is 442. The maximum Gasteiger partial charge on any atom is 0.328 e. The van der Waals surface area contributed by atoms with Gasteiger partial charge in [-0.15, -0.1) is 0 Å². The summed E-state index contributed by atoms with van der Waals surface area (Å²) in [5, 5.41) is 3.40. The van der Waals surface area contributed by atoms with Crippen LogP contribution in [-0.2, 0) is 9.53 Å². The van der Waals surface area contributed by atoms with Crippen molar-refractivity contribution in [2.75, 3.05) is 17.3 Å². The number of ether oxygens (including phenoxy) is 1. The van der Waals surface area contributed by atoms with E-state index in [4.69, 9.17) is 33.8 Å². The third-order valence-corrected chi connectivity index (χ3v) is 2.64. The lowest BCUT2D eigenvalue weighted by Crippen LogP contribution is -2.28. The van der Waals surface area contributed by atoms with E-state index in [0.717, 1.165) is 0 Å². The molecule has 100 valence electrons. The number of esters is 1. The highest BCUT2D eigenvalue weighted by Gasteiger charge is 2.17. The number of anilines is 2. The number of hydrogen-bond donors (Lipinski definition) is 3. The van der Waals surface area contributed by atoms with Gasteiger partial charge in [0.2, 0.25) is 0 Å². The smallest absolute Gasteiger partial charge is 0.328 e. The lowest BCUT2D eigenvalue weighted by atomic mass is 10.3. The minimum Gasteiger partial charge on any atom is -0.464 e. The van der Waals surface area contributed by atoms with E-state index < -0.39 is 12.0 Å². The molecule has 0 radical (unpaired) electrons. The van der Waals surface area contributed by atoms with Gasteiger partial charge in [-0.25, -0.2) is 15.6 Å². The molecule has 1 heterocycles. The van der Waals surface area contributed by atoms with E-state index >= 15 is 0 Å². The number of hydrogen-bond acceptors (Lipinski definition) is 6. The fourth-order valence-corrected chi connectivity index (χ4v) is 1.67. The van der Waals surface area contributed by atoms with E-state index in [1.54, 1.807) is 13.8 Å². The second-order valence-corrected chi connectivity index (χ2v) is 4.23. The van der Waals surface area contributed by atoms with E-state index in [2.05, 4.69) is 15.7 Å². The van der Waals surface area contributed by atoms with Gasteiger partial charge in [0.1, 0.15) is 11.9 Å². The van der Waals surface area contributed by atoms with Crippen molar-refractivity contribution < 1.29 is 9.53 Å². The van der Waals surface area contributed by atoms with Gasteiger partial charge in [-0.05, 0) is 19.9 Å². The quantitative estimate of drug-likeness (QED) is 0.437. The van der Waals surface area contributed by atoms with Gasteiger partial charge in [0, 0.05) is 0 Å². The van der Waals surface area contributed by atoms with Crippen molar-refractivity contribution in [1.82, 2.24) is 4.98 Å². The highest BCUT2D eigenvalue weighted by atomic mass is 35.5. The molecule has 1 unspecified atom stereocenters. The Morgan fingerprint density at radius 1 is 1.50 bits per heavy atom. The van der Waals surface area contributed by atoms with E-state index in [-0.39, 0.29) is 15.9 Å². The van der Waals surface area contributed by atoms with Gasteiger partial charge in [-0.2, -0.15) is 0 Å². The molecule has 6 nitrogen and oxygen atoms in total. The lowest BCUT2D eigenvalue weighted by Gasteiger charge is -2.15. The van der Waals surface area contributed by atoms with Crippen LogP contribution in [0.5, 0.6) is 0 Å². The zero-order valence-electron chi connectivity index (χ0n) is 9.96. The summed E-state index contributed by atoms with van der Waals surface area (Å²) in [5.41, 5.74) is 2.33. The summed E-state index contributed by atoms with van der Waals surface area (Å²) in [7, 11) is 0. The first kappa shape index (κ1) is 14.8. The van der Waals surface area contributed by atoms with Crippen LogP contribution in [-0.4, -0.2) is 23.6 Å². The summed E-state index contributed by atoms with van der Waals surface area (Å²) in [6, 6.07) is 0.896. The van der Waals surface area contributed by atoms with Crippen LogP contribution in [0.25, 0.3) is 0 Å². The Hall–Kier alpha value is -1.24. The van der Waals surface area contributed by atoms with Crippen LogP contribution >= 0.6 is 23.2 Å². The molecule has 4 N–H and O–H groups in total. The topological polar surface area (TPSA) is 89.3 Å². The first-order valence-electron chi connectivity index (χ1n) is 5.25. The molecule has 0 aliphatic heterocycles. The number of pyridine rings is 1. The summed E-state index contributed by atoms with van der Waals surface area (Å²) in [5.74, 6) is 5.42. The van der Waals surface area contributed by atoms with Crippen molar-refractivity contribution in [1.29, 1.82) is 0 Å². The Balaban J connectivity index is 2.87. The number of nitrogen functional groups attached to an aromatic ring is 1. The molecule has 0 aliphatic rings. The predicted molar refractivity (Wildman–Crippen MR) is 71.8 cm³/mol. The molecule has 1 rings (SSSR count). The summed E-state index contributed by atoms with van der Waals surface area (Å²) < 4.78 is 4.86. The monoisotopic (exact) mass is 292 g/mol. The summed E-state index contributed by atoms with van der Waals surface area (Å²) >= 11 is 11.8. The van der Waals surface area contributed by atoms with Crippen LogP contribution < -0.4 is 16.6 Å². The van der Waals surface area contributed by atoms with Crippen molar-refractivity contribution in [2.45, 2.75) is 19.9 Å². The SMILES string of the molecule is CCOC(=O)C(C)Nc1nc(NN)c(Cl)cc1Cl. The largest absolute Gasteiger partial charge is 0.464 e. The number of nitrogens with one attached hydrogen (secondary N) is 2. The van der Waals surface area contributed by atoms with Gasteiger partial charge < -0.3 is 15.5 Å². The zero-order chi connectivity index (χ0) is 13.7. The third kappa shape index (κ3) is 3.63. The van der Waals surface area contributed by atoms with Crippen LogP contribution in [0.3, 0.4) is 0 Å². The maximum atomic E-state index is 11.5. The summed E-state index contributed by atoms with van der Waals surface area (Å²) in [6.07, 6.45) is 0. The van der Waals surface area contributed by atoms with Crippen LogP contribution in [0.4, 0.5) is 11.6 Å². The molecule has 0 fully saturated rings. The standard InChI is InChI=1S/C10H14Cl2N4O2/c1-3-18-10(17)5(2)14-8-6(11)4-7(12)9(15-8)16-13/h4-5H,3,13H2,1-2H3,(H2,14,15,16). The fourth-order valence-electron chi connectivity index (χ4n) is 1.20. The normalized spacial score (nSPS) is 11.8. The first-order valence-corrected chi connectivity index (χ1v) is 6.01. The molecule has 1 aromatic heterocycles. The molecular formula is C10H14Cl2N4O2. The molecule has 0 aliphatic carbocycles. The van der Waals surface area contributed by atoms with Crippen molar-refractivity contribution in [3.05, 3.63) is 16.1 Å². The Morgan fingerprint density at radius 2 is 2.11 bits per heavy atom. The molecule has 1 atom stereocenters. The van der Waals surface area contributed by atoms with E-state index in [1.165, 1.54) is 6.07 Å². The zero-order valence-corrected chi connectivity index (χ0v) is 11.5. The van der Waals surface area contributed by atoms with Crippen molar-refractivity contribution >= 4 is 40.8 Å². The van der Waals surface area contributed by atoms with Crippen molar-refractivity contribution in [3.8, 4) is 0 Å². The van der Waals surface area contributed by atoms with Gasteiger partial charge >= 0.3 is 5.97 Å². The van der Waals surface area contributed by atoms with Crippen LogP contribution in [0, 0.1) is 0 Å². The fraction of sp³-hybridized carbons (Fsp3) is 0.400. The van der Waals surface area contributed by atoms with Crippen LogP contribution in [0.15, 0.2) is 6.07 Å². The van der Waals surface area contributed by atoms with Gasteiger partial charge in [0.15, 0.2) is 5.82 Å². The molecule has 0 saturated carbocycles. The molecule has 0 spiro atoms. The van der Waals surface area contributed by atoms with Crippen LogP contribution in [0.1, 0.15) is 13.8 Å². The lowest BCUT2D eigenvalue weighted by molar-refractivity contribution is -0.143. The number of hydrazine groups is 1. The maximum absolute atomic E-state index is 11.5. The molecular weight excluding hydrogens is 279 g/mol. The molecule has 0 saturated heterocycles. The Kier molecular flexibility index (Phi) is 5.46. The van der Waals surface area contributed by atoms with Gasteiger partial charge in [0.25, 0.3) is 0 Å². The van der Waals surface area contributed by atoms with Gasteiger partial charge in [-0.3, -0.25) is 0 Å². The average Bonchev–Trinajstić information content (AvgIpc) is 2.32. The number of nitrogens with zero attached hydrogens (tertiary/aromatic N) is 1. The first-order chi connectivity index (χ1) is 8.49. The number of carbonyl (C=O) groups excluding carboxylic acids is 1.